The molecule has 62 heavy (non-hydrogen) atoms. The second-order valence-electron chi connectivity index (χ2n) is 20.1. The average Bonchev–Trinajstić information content (AvgIpc) is 3.54. The smallest absolute Gasteiger partial charge is 0.418 e. The average molecular weight is 1050 g/mol. The van der Waals surface area contributed by atoms with Crippen molar-refractivity contribution in [1.82, 2.24) is 4.98 Å². The van der Waals surface area contributed by atoms with E-state index in [0.29, 0.717) is 27.3 Å². The zero-order chi connectivity index (χ0) is 45.5. The first-order chi connectivity index (χ1) is 28.3. The molecule has 1 N–H and O–H groups in total. The summed E-state index contributed by atoms with van der Waals surface area (Å²) in [7, 11) is 0. The Kier molecular flexibility index (Phi) is 16.1. The molecule has 6 rings (SSSR count). The van der Waals surface area contributed by atoms with Gasteiger partial charge in [0, 0.05) is 63.9 Å². The predicted molar refractivity (Wildman–Crippen MR) is 253 cm³/mol. The van der Waals surface area contributed by atoms with Gasteiger partial charge >= 0.3 is 6.18 Å². The second-order valence-corrected chi connectivity index (χ2v) is 21.1. The molecule has 2 heterocycles. The van der Waals surface area contributed by atoms with Gasteiger partial charge in [-0.2, -0.15) is 13.2 Å². The SMILES string of the molecule is CCC(C)(CC)C(=O)/C=C(\O)C(C)(CC)CC.Cc1cc(C2CCC(C)(C)CC2)cc(C)c1-c1sc2c(-c3[c-]c4ccccc4c(C(C)(C)C)c3)ncc(C(F)(F)F)c2c1C.[Ir]. The van der Waals surface area contributed by atoms with Crippen molar-refractivity contribution in [1.29, 1.82) is 0 Å². The van der Waals surface area contributed by atoms with E-state index in [-0.39, 0.29) is 53.3 Å². The molecular weight excluding hydrogens is 976 g/mol. The molecule has 1 aliphatic carbocycles. The Morgan fingerprint density at radius 2 is 1.42 bits per heavy atom. The fourth-order valence-corrected chi connectivity index (χ4v) is 10.4. The number of pyridine rings is 1. The first-order valence-corrected chi connectivity index (χ1v) is 23.2. The Hall–Kier alpha value is -3.32. The number of aliphatic hydroxyl groups excluding tert-OH is 1. The number of halogens is 3. The molecule has 1 fully saturated rings. The van der Waals surface area contributed by atoms with Crippen molar-refractivity contribution >= 4 is 38.0 Å². The number of carbonyl (C=O) groups excluding carboxylic acids is 1. The zero-order valence-corrected chi connectivity index (χ0v) is 42.8. The number of fused-ring (bicyclic) bond motifs is 2. The van der Waals surface area contributed by atoms with Crippen LogP contribution in [0.15, 0.2) is 60.5 Å². The van der Waals surface area contributed by atoms with Crippen molar-refractivity contribution in [3.8, 4) is 21.7 Å². The number of aromatic nitrogens is 1. The van der Waals surface area contributed by atoms with E-state index in [1.807, 2.05) is 66.7 Å². The summed E-state index contributed by atoms with van der Waals surface area (Å²) in [5.41, 5.74) is 6.65. The Morgan fingerprint density at radius 3 is 1.94 bits per heavy atom. The van der Waals surface area contributed by atoms with Gasteiger partial charge in [-0.1, -0.05) is 117 Å². The van der Waals surface area contributed by atoms with E-state index in [2.05, 4.69) is 83.8 Å². The van der Waals surface area contributed by atoms with Crippen molar-refractivity contribution in [3.05, 3.63) is 99.9 Å². The number of allylic oxidation sites excluding steroid dienone is 2. The molecule has 5 aromatic rings. The summed E-state index contributed by atoms with van der Waals surface area (Å²) in [6.07, 6.45) is 6.04. The van der Waals surface area contributed by atoms with Gasteiger partial charge in [0.2, 0.25) is 0 Å². The Balaban J connectivity index is 0.000000400. The van der Waals surface area contributed by atoms with Crippen LogP contribution in [0.5, 0.6) is 0 Å². The van der Waals surface area contributed by atoms with E-state index in [1.165, 1.54) is 48.7 Å². The van der Waals surface area contributed by atoms with Crippen LogP contribution >= 0.6 is 11.3 Å². The molecule has 0 amide bonds. The van der Waals surface area contributed by atoms with Crippen molar-refractivity contribution in [2.75, 3.05) is 0 Å². The first kappa shape index (κ1) is 51.3. The number of benzene rings is 3. The Morgan fingerprint density at radius 1 is 0.871 bits per heavy atom. The number of aliphatic hydroxyl groups is 1. The van der Waals surface area contributed by atoms with Crippen LogP contribution in [0.2, 0.25) is 0 Å². The minimum atomic E-state index is -4.51. The van der Waals surface area contributed by atoms with Gasteiger partial charge in [0.15, 0.2) is 5.78 Å². The molecular formula is C54H69F3IrNO2S-. The number of alkyl halides is 3. The normalized spacial score (nSPS) is 15.3. The number of hydrogen-bond donors (Lipinski definition) is 1. The van der Waals surface area contributed by atoms with E-state index in [4.69, 9.17) is 0 Å². The third-order valence-electron chi connectivity index (χ3n) is 14.3. The van der Waals surface area contributed by atoms with Crippen LogP contribution < -0.4 is 0 Å². The summed E-state index contributed by atoms with van der Waals surface area (Å²) < 4.78 is 44.1. The number of aryl methyl sites for hydroxylation is 3. The molecule has 3 nitrogen and oxygen atoms in total. The quantitative estimate of drug-likeness (QED) is 0.0861. The Labute approximate surface area is 387 Å². The van der Waals surface area contributed by atoms with Gasteiger partial charge in [-0.3, -0.25) is 9.78 Å². The number of hydrogen-bond acceptors (Lipinski definition) is 4. The molecule has 1 saturated carbocycles. The minimum Gasteiger partial charge on any atom is -0.512 e. The van der Waals surface area contributed by atoms with E-state index in [0.717, 1.165) is 75.3 Å². The molecule has 0 bridgehead atoms. The van der Waals surface area contributed by atoms with Gasteiger partial charge in [0.25, 0.3) is 0 Å². The van der Waals surface area contributed by atoms with Crippen molar-refractivity contribution in [2.24, 2.45) is 16.2 Å². The Bertz CT molecular complexity index is 2390. The van der Waals surface area contributed by atoms with Gasteiger partial charge in [-0.25, -0.2) is 0 Å². The standard InChI is InChI=1S/C39H41F3NS.C15H28O2.Ir/c1-22-17-27(25-13-15-38(7,8)16-14-25)18-23(2)32(22)35-24(3)33-31(39(40,41)42)21-43-34(36(33)44-35)28-19-26-11-9-10-12-29(26)30(20-28)37(4,5)6;1-7-14(5,8-2)12(16)11-13(17)15(6,9-3)10-4;/h9-12,17-18,20-21,25H,13-16H2,1-8H3;11,16H,7-10H2,1-6H3;/q-1;;/b;12-11-;. The topological polar surface area (TPSA) is 50.2 Å². The van der Waals surface area contributed by atoms with Gasteiger partial charge < -0.3 is 5.11 Å². The number of thiophene rings is 1. The van der Waals surface area contributed by atoms with Gasteiger partial charge in [-0.15, -0.1) is 40.5 Å². The maximum atomic E-state index is 14.5. The summed E-state index contributed by atoms with van der Waals surface area (Å²) in [4.78, 5) is 17.6. The molecule has 2 aromatic heterocycles. The molecule has 0 spiro atoms. The van der Waals surface area contributed by atoms with Crippen molar-refractivity contribution in [3.63, 3.8) is 0 Å². The second kappa shape index (κ2) is 19.4. The minimum absolute atomic E-state index is 0. The molecule has 0 saturated heterocycles. The van der Waals surface area contributed by atoms with E-state index < -0.39 is 11.7 Å². The van der Waals surface area contributed by atoms with Crippen molar-refractivity contribution < 1.29 is 43.2 Å². The van der Waals surface area contributed by atoms with E-state index in [9.17, 15) is 23.1 Å². The van der Waals surface area contributed by atoms with E-state index >= 15 is 0 Å². The third kappa shape index (κ3) is 10.6. The predicted octanol–water partition coefficient (Wildman–Crippen LogP) is 17.2. The molecule has 339 valence electrons. The molecule has 3 aromatic carbocycles. The maximum absolute atomic E-state index is 14.5. The van der Waals surface area contributed by atoms with Crippen LogP contribution in [-0.4, -0.2) is 15.9 Å². The number of ketones is 1. The molecule has 1 radical (unpaired) electrons. The molecule has 8 heteroatoms. The zero-order valence-electron chi connectivity index (χ0n) is 39.6. The van der Waals surface area contributed by atoms with Crippen LogP contribution in [0.25, 0.3) is 42.6 Å². The van der Waals surface area contributed by atoms with Crippen LogP contribution in [0.4, 0.5) is 13.2 Å². The fraction of sp³-hybridized carbons (Fsp3) is 0.519. The molecule has 0 aliphatic heterocycles. The molecule has 0 unspecified atom stereocenters. The van der Waals surface area contributed by atoms with Gasteiger partial charge in [0.1, 0.15) is 5.76 Å². The molecule has 0 atom stereocenters. The first-order valence-electron chi connectivity index (χ1n) is 22.4. The summed E-state index contributed by atoms with van der Waals surface area (Å²) in [6, 6.07) is 18.2. The van der Waals surface area contributed by atoms with E-state index in [1.54, 1.807) is 0 Å². The summed E-state index contributed by atoms with van der Waals surface area (Å²) >= 11 is 1.43. The van der Waals surface area contributed by atoms with Crippen LogP contribution in [0, 0.1) is 43.1 Å². The molecule has 1 aliphatic rings. The summed E-state index contributed by atoms with van der Waals surface area (Å²) in [5.74, 6) is 0.819. The van der Waals surface area contributed by atoms with Crippen LogP contribution in [0.3, 0.4) is 0 Å². The monoisotopic (exact) mass is 1050 g/mol. The van der Waals surface area contributed by atoms with Crippen LogP contribution in [-0.2, 0) is 36.5 Å². The van der Waals surface area contributed by atoms with Gasteiger partial charge in [-0.05, 0) is 117 Å². The summed E-state index contributed by atoms with van der Waals surface area (Å²) in [5, 5.41) is 12.4. The van der Waals surface area contributed by atoms with Crippen molar-refractivity contribution in [2.45, 2.75) is 166 Å². The third-order valence-corrected chi connectivity index (χ3v) is 15.6. The van der Waals surface area contributed by atoms with Gasteiger partial charge in [0.05, 0.1) is 5.56 Å². The largest absolute Gasteiger partial charge is 0.512 e. The summed E-state index contributed by atoms with van der Waals surface area (Å²) in [6.45, 7) is 29.3. The maximum Gasteiger partial charge on any atom is 0.418 e. The van der Waals surface area contributed by atoms with Crippen LogP contribution in [0.1, 0.15) is 167 Å². The number of carbonyl (C=O) groups is 1. The fourth-order valence-electron chi connectivity index (χ4n) is 8.89. The number of nitrogens with zero attached hydrogens (tertiary/aromatic N) is 1. The number of rotatable bonds is 10.